The standard InChI is InChI=1S/C22H19N5O4S/c1-3-31-15-8-9-17-18(10-15)32-22(23-17)26-21-20(12(2)25-26)16(11-19(28)24-21)13-4-6-14(7-5-13)27(29)30/h4-10,16H,3,11H2,1-2H3,(H,24,28). The summed E-state index contributed by atoms with van der Waals surface area (Å²) in [5.74, 6) is 0.987. The first-order chi connectivity index (χ1) is 15.4. The lowest BCUT2D eigenvalue weighted by atomic mass is 9.86. The van der Waals surface area contributed by atoms with Gasteiger partial charge in [-0.2, -0.15) is 9.78 Å². The van der Waals surface area contributed by atoms with Crippen LogP contribution in [-0.2, 0) is 4.79 Å². The second-order valence-corrected chi connectivity index (χ2v) is 8.48. The van der Waals surface area contributed by atoms with Gasteiger partial charge in [0.05, 0.1) is 27.4 Å². The van der Waals surface area contributed by atoms with Crippen LogP contribution in [0.5, 0.6) is 5.75 Å². The van der Waals surface area contributed by atoms with Crippen molar-refractivity contribution in [3.63, 3.8) is 0 Å². The summed E-state index contributed by atoms with van der Waals surface area (Å²) in [6.45, 7) is 4.41. The van der Waals surface area contributed by atoms with Crippen LogP contribution in [0.1, 0.15) is 36.1 Å². The van der Waals surface area contributed by atoms with Gasteiger partial charge in [-0.25, -0.2) is 4.98 Å². The number of carbonyl (C=O) groups excluding carboxylic acids is 1. The molecule has 0 saturated heterocycles. The molecule has 2 aromatic heterocycles. The number of aromatic nitrogens is 3. The Morgan fingerprint density at radius 1 is 1.28 bits per heavy atom. The summed E-state index contributed by atoms with van der Waals surface area (Å²) in [5.41, 5.74) is 3.34. The van der Waals surface area contributed by atoms with Gasteiger partial charge in [0.1, 0.15) is 11.6 Å². The summed E-state index contributed by atoms with van der Waals surface area (Å²) in [4.78, 5) is 27.8. The molecule has 4 aromatic rings. The highest BCUT2D eigenvalue weighted by atomic mass is 32.1. The van der Waals surface area contributed by atoms with Crippen LogP contribution in [0.2, 0.25) is 0 Å². The van der Waals surface area contributed by atoms with E-state index in [2.05, 4.69) is 10.4 Å². The Morgan fingerprint density at radius 2 is 2.06 bits per heavy atom. The van der Waals surface area contributed by atoms with E-state index in [0.29, 0.717) is 17.6 Å². The Labute approximate surface area is 186 Å². The minimum Gasteiger partial charge on any atom is -0.494 e. The van der Waals surface area contributed by atoms with Gasteiger partial charge in [0, 0.05) is 30.0 Å². The lowest BCUT2D eigenvalue weighted by Gasteiger charge is -2.24. The van der Waals surface area contributed by atoms with Gasteiger partial charge in [0.15, 0.2) is 0 Å². The number of nitrogens with zero attached hydrogens (tertiary/aromatic N) is 4. The van der Waals surface area contributed by atoms with E-state index in [0.717, 1.165) is 32.8 Å². The molecule has 0 radical (unpaired) electrons. The SMILES string of the molecule is CCOc1ccc2nc(-n3nc(C)c4c3NC(=O)CC4c3ccc([N+](=O)[O-])cc3)sc2c1. The van der Waals surface area contributed by atoms with Gasteiger partial charge in [-0.05, 0) is 37.6 Å². The molecular formula is C22H19N5O4S. The molecule has 0 aliphatic carbocycles. The summed E-state index contributed by atoms with van der Waals surface area (Å²) < 4.78 is 8.21. The third-order valence-corrected chi connectivity index (χ3v) is 6.44. The number of fused-ring (bicyclic) bond motifs is 2. The number of nitrogens with one attached hydrogen (secondary N) is 1. The molecule has 5 rings (SSSR count). The number of hydrogen-bond acceptors (Lipinski definition) is 7. The highest BCUT2D eigenvalue weighted by molar-refractivity contribution is 7.20. The molecule has 1 aliphatic heterocycles. The molecule has 1 N–H and O–H groups in total. The largest absolute Gasteiger partial charge is 0.494 e. The number of nitro benzene ring substituents is 1. The van der Waals surface area contributed by atoms with Crippen LogP contribution in [-0.4, -0.2) is 32.2 Å². The van der Waals surface area contributed by atoms with Gasteiger partial charge < -0.3 is 10.1 Å². The van der Waals surface area contributed by atoms with Crippen LogP contribution in [0.3, 0.4) is 0 Å². The van der Waals surface area contributed by atoms with Crippen molar-refractivity contribution in [2.45, 2.75) is 26.2 Å². The van der Waals surface area contributed by atoms with E-state index in [1.807, 2.05) is 32.0 Å². The van der Waals surface area contributed by atoms with E-state index in [1.165, 1.54) is 23.5 Å². The summed E-state index contributed by atoms with van der Waals surface area (Å²) in [7, 11) is 0. The number of nitro groups is 1. The molecule has 3 heterocycles. The monoisotopic (exact) mass is 449 g/mol. The quantitative estimate of drug-likeness (QED) is 0.353. The van der Waals surface area contributed by atoms with Crippen LogP contribution in [0.15, 0.2) is 42.5 Å². The maximum Gasteiger partial charge on any atom is 0.269 e. The Kier molecular flexibility index (Phi) is 4.86. The maximum atomic E-state index is 12.6. The fourth-order valence-corrected chi connectivity index (χ4v) is 4.99. The summed E-state index contributed by atoms with van der Waals surface area (Å²) >= 11 is 1.46. The van der Waals surface area contributed by atoms with Gasteiger partial charge in [0.2, 0.25) is 11.0 Å². The number of aryl methyl sites for hydroxylation is 1. The number of rotatable bonds is 5. The average molecular weight is 449 g/mol. The third kappa shape index (κ3) is 3.38. The number of hydrogen-bond donors (Lipinski definition) is 1. The Balaban J connectivity index is 1.59. The van der Waals surface area contributed by atoms with Crippen molar-refractivity contribution in [1.82, 2.24) is 14.8 Å². The maximum absolute atomic E-state index is 12.6. The molecule has 1 atom stereocenters. The topological polar surface area (TPSA) is 112 Å². The fourth-order valence-electron chi connectivity index (χ4n) is 4.04. The number of non-ortho nitro benzene ring substituents is 1. The molecule has 162 valence electrons. The molecule has 32 heavy (non-hydrogen) atoms. The molecule has 9 nitrogen and oxygen atoms in total. The summed E-state index contributed by atoms with van der Waals surface area (Å²) in [6, 6.07) is 12.1. The number of carbonyl (C=O) groups is 1. The van der Waals surface area contributed by atoms with Crippen LogP contribution in [0.25, 0.3) is 15.3 Å². The van der Waals surface area contributed by atoms with Crippen molar-refractivity contribution in [2.24, 2.45) is 0 Å². The minimum atomic E-state index is -0.434. The molecule has 1 amide bonds. The number of benzene rings is 2. The fraction of sp³-hybridized carbons (Fsp3) is 0.227. The van der Waals surface area contributed by atoms with Crippen molar-refractivity contribution < 1.29 is 14.5 Å². The molecule has 0 fully saturated rings. The zero-order chi connectivity index (χ0) is 22.4. The van der Waals surface area contributed by atoms with E-state index in [1.54, 1.807) is 16.8 Å². The molecule has 0 spiro atoms. The number of ether oxygens (including phenoxy) is 1. The summed E-state index contributed by atoms with van der Waals surface area (Å²) in [5, 5.41) is 19.3. The van der Waals surface area contributed by atoms with Gasteiger partial charge in [-0.15, -0.1) is 0 Å². The highest BCUT2D eigenvalue weighted by Gasteiger charge is 2.33. The second kappa shape index (κ2) is 7.72. The van der Waals surface area contributed by atoms with Gasteiger partial charge in [-0.3, -0.25) is 14.9 Å². The second-order valence-electron chi connectivity index (χ2n) is 7.47. The molecule has 1 aliphatic rings. The third-order valence-electron chi connectivity index (χ3n) is 5.45. The smallest absolute Gasteiger partial charge is 0.269 e. The Bertz CT molecular complexity index is 1360. The number of thiazole rings is 1. The van der Waals surface area contributed by atoms with Crippen molar-refractivity contribution in [1.29, 1.82) is 0 Å². The predicted octanol–water partition coefficient (Wildman–Crippen LogP) is 4.57. The average Bonchev–Trinajstić information content (AvgIpc) is 3.34. The van der Waals surface area contributed by atoms with Crippen LogP contribution in [0, 0.1) is 17.0 Å². The van der Waals surface area contributed by atoms with E-state index in [4.69, 9.17) is 9.72 Å². The van der Waals surface area contributed by atoms with Crippen molar-refractivity contribution in [3.8, 4) is 10.9 Å². The first-order valence-corrected chi connectivity index (χ1v) is 10.9. The van der Waals surface area contributed by atoms with E-state index in [9.17, 15) is 14.9 Å². The molecule has 0 saturated carbocycles. The van der Waals surface area contributed by atoms with E-state index in [-0.39, 0.29) is 23.9 Å². The van der Waals surface area contributed by atoms with Gasteiger partial charge in [-0.1, -0.05) is 23.5 Å². The lowest BCUT2D eigenvalue weighted by Crippen LogP contribution is -2.24. The van der Waals surface area contributed by atoms with E-state index >= 15 is 0 Å². The van der Waals surface area contributed by atoms with Gasteiger partial charge in [0.25, 0.3) is 5.69 Å². The summed E-state index contributed by atoms with van der Waals surface area (Å²) in [6.07, 6.45) is 0.245. The Morgan fingerprint density at radius 3 is 2.78 bits per heavy atom. The first-order valence-electron chi connectivity index (χ1n) is 10.1. The highest BCUT2D eigenvalue weighted by Crippen LogP contribution is 2.41. The van der Waals surface area contributed by atoms with Gasteiger partial charge >= 0.3 is 0 Å². The molecule has 2 aromatic carbocycles. The van der Waals surface area contributed by atoms with Crippen LogP contribution in [0.4, 0.5) is 11.5 Å². The zero-order valence-corrected chi connectivity index (χ0v) is 18.2. The molecular weight excluding hydrogens is 430 g/mol. The zero-order valence-electron chi connectivity index (χ0n) is 17.4. The Hall–Kier alpha value is -3.79. The van der Waals surface area contributed by atoms with Crippen LogP contribution < -0.4 is 10.1 Å². The van der Waals surface area contributed by atoms with Crippen molar-refractivity contribution >= 4 is 39.0 Å². The molecule has 0 bridgehead atoms. The lowest BCUT2D eigenvalue weighted by molar-refractivity contribution is -0.384. The van der Waals surface area contributed by atoms with Crippen molar-refractivity contribution in [2.75, 3.05) is 11.9 Å². The van der Waals surface area contributed by atoms with E-state index < -0.39 is 4.92 Å². The first kappa shape index (κ1) is 20.1. The molecule has 10 heteroatoms. The predicted molar refractivity (Wildman–Crippen MR) is 121 cm³/mol. The van der Waals surface area contributed by atoms with Crippen LogP contribution >= 0.6 is 11.3 Å². The van der Waals surface area contributed by atoms with Crippen molar-refractivity contribution in [3.05, 3.63) is 69.4 Å². The minimum absolute atomic E-state index is 0.0162. The number of amides is 1. The molecule has 1 unspecified atom stereocenters. The number of anilines is 1. The normalized spacial score (nSPS) is 15.4.